The van der Waals surface area contributed by atoms with Crippen LogP contribution in [0.2, 0.25) is 0 Å². The summed E-state index contributed by atoms with van der Waals surface area (Å²) in [5.41, 5.74) is 1.22. The Morgan fingerprint density at radius 1 is 1.20 bits per heavy atom. The summed E-state index contributed by atoms with van der Waals surface area (Å²) in [4.78, 5) is 13.4. The number of ether oxygens (including phenoxy) is 3. The summed E-state index contributed by atoms with van der Waals surface area (Å²) in [6, 6.07) is 14.9. The third kappa shape index (κ3) is 4.74. The predicted octanol–water partition coefficient (Wildman–Crippen LogP) is 4.29. The van der Waals surface area contributed by atoms with Crippen LogP contribution in [0, 0.1) is 17.2 Å². The van der Waals surface area contributed by atoms with Crippen LogP contribution in [0.3, 0.4) is 0 Å². The molecule has 2 aromatic carbocycles. The first-order valence-electron chi connectivity index (χ1n) is 10.2. The van der Waals surface area contributed by atoms with Crippen LogP contribution in [0.4, 0.5) is 5.69 Å². The van der Waals surface area contributed by atoms with Crippen molar-refractivity contribution in [3.8, 4) is 17.6 Å². The average molecular weight is 408 g/mol. The minimum Gasteiger partial charge on any atom is -0.497 e. The van der Waals surface area contributed by atoms with E-state index in [9.17, 15) is 10.1 Å². The van der Waals surface area contributed by atoms with Gasteiger partial charge in [0, 0.05) is 18.9 Å². The number of hydrogen-bond donors (Lipinski definition) is 1. The van der Waals surface area contributed by atoms with Gasteiger partial charge in [-0.2, -0.15) is 5.26 Å². The monoisotopic (exact) mass is 408 g/mol. The molecule has 1 amide bonds. The van der Waals surface area contributed by atoms with Crippen LogP contribution < -0.4 is 14.8 Å². The van der Waals surface area contributed by atoms with Crippen LogP contribution in [0.5, 0.6) is 11.5 Å². The van der Waals surface area contributed by atoms with Crippen molar-refractivity contribution in [3.63, 3.8) is 0 Å². The van der Waals surface area contributed by atoms with Gasteiger partial charge in [0.25, 0.3) is 0 Å². The maximum atomic E-state index is 13.4. The summed E-state index contributed by atoms with van der Waals surface area (Å²) in [6.45, 7) is 5.66. The maximum absolute atomic E-state index is 13.4. The number of hydrogen-bond acceptors (Lipinski definition) is 5. The lowest BCUT2D eigenvalue weighted by Gasteiger charge is -2.36. The molecule has 0 radical (unpaired) electrons. The first kappa shape index (κ1) is 21.7. The van der Waals surface area contributed by atoms with E-state index in [1.54, 1.807) is 25.3 Å². The summed E-state index contributed by atoms with van der Waals surface area (Å²) in [7, 11) is 1.62. The highest BCUT2D eigenvalue weighted by molar-refractivity contribution is 5.99. The Kier molecular flexibility index (Phi) is 6.96. The number of carbonyl (C=O) groups is 1. The van der Waals surface area contributed by atoms with E-state index in [1.165, 1.54) is 0 Å². The highest BCUT2D eigenvalue weighted by Crippen LogP contribution is 2.37. The zero-order valence-corrected chi connectivity index (χ0v) is 17.7. The van der Waals surface area contributed by atoms with Crippen molar-refractivity contribution in [2.45, 2.75) is 32.1 Å². The molecule has 0 bridgehead atoms. The Labute approximate surface area is 177 Å². The van der Waals surface area contributed by atoms with Gasteiger partial charge in [0.1, 0.15) is 17.6 Å². The molecule has 0 aromatic heterocycles. The lowest BCUT2D eigenvalue weighted by molar-refractivity contribution is -0.125. The van der Waals surface area contributed by atoms with Crippen molar-refractivity contribution in [2.24, 2.45) is 5.92 Å². The number of benzene rings is 2. The van der Waals surface area contributed by atoms with Crippen LogP contribution in [-0.2, 0) is 14.9 Å². The molecule has 30 heavy (non-hydrogen) atoms. The summed E-state index contributed by atoms with van der Waals surface area (Å²) < 4.78 is 16.5. The highest BCUT2D eigenvalue weighted by Gasteiger charge is 2.41. The van der Waals surface area contributed by atoms with E-state index in [2.05, 4.69) is 11.4 Å². The fraction of sp³-hybridized carbons (Fsp3) is 0.417. The summed E-state index contributed by atoms with van der Waals surface area (Å²) in [6.07, 6.45) is 1.18. The quantitative estimate of drug-likeness (QED) is 0.739. The second-order valence-electron chi connectivity index (χ2n) is 7.90. The van der Waals surface area contributed by atoms with E-state index in [-0.39, 0.29) is 5.91 Å². The van der Waals surface area contributed by atoms with Crippen LogP contribution in [0.15, 0.2) is 42.5 Å². The van der Waals surface area contributed by atoms with Crippen LogP contribution >= 0.6 is 0 Å². The molecule has 1 fully saturated rings. The van der Waals surface area contributed by atoms with Crippen molar-refractivity contribution < 1.29 is 19.0 Å². The second-order valence-corrected chi connectivity index (χ2v) is 7.90. The van der Waals surface area contributed by atoms with E-state index in [4.69, 9.17) is 14.2 Å². The molecule has 6 nitrogen and oxygen atoms in total. The van der Waals surface area contributed by atoms with Gasteiger partial charge >= 0.3 is 0 Å². The Morgan fingerprint density at radius 3 is 2.50 bits per heavy atom. The number of anilines is 1. The molecule has 6 heteroatoms. The fourth-order valence-electron chi connectivity index (χ4n) is 3.60. The molecule has 1 saturated heterocycles. The summed E-state index contributed by atoms with van der Waals surface area (Å²) in [5, 5.41) is 12.5. The molecular formula is C24H28N2O4. The average Bonchev–Trinajstić information content (AvgIpc) is 2.78. The largest absolute Gasteiger partial charge is 0.497 e. The van der Waals surface area contributed by atoms with Gasteiger partial charge in [0.2, 0.25) is 5.91 Å². The number of methoxy groups -OCH3 is 1. The number of nitrogens with zero attached hydrogens (tertiary/aromatic N) is 1. The first-order valence-corrected chi connectivity index (χ1v) is 10.2. The van der Waals surface area contributed by atoms with E-state index < -0.39 is 5.41 Å². The second kappa shape index (κ2) is 9.64. The molecule has 0 saturated carbocycles. The number of rotatable bonds is 7. The van der Waals surface area contributed by atoms with E-state index in [0.29, 0.717) is 55.6 Å². The topological polar surface area (TPSA) is 80.6 Å². The van der Waals surface area contributed by atoms with Crippen molar-refractivity contribution in [1.82, 2.24) is 0 Å². The number of carbonyl (C=O) groups excluding carboxylic acids is 1. The molecular weight excluding hydrogens is 380 g/mol. The van der Waals surface area contributed by atoms with Gasteiger partial charge in [-0.1, -0.05) is 26.0 Å². The minimum atomic E-state index is -0.690. The predicted molar refractivity (Wildman–Crippen MR) is 115 cm³/mol. The SMILES string of the molecule is COc1ccc(C2(C(=O)Nc3ccc(OCC(C)C)c(C#N)c3)CCOCC2)cc1. The third-order valence-corrected chi connectivity index (χ3v) is 5.35. The molecule has 0 spiro atoms. The number of nitrogens with one attached hydrogen (secondary N) is 1. The number of nitriles is 1. The van der Waals surface area contributed by atoms with Gasteiger partial charge in [0.15, 0.2) is 0 Å². The van der Waals surface area contributed by atoms with Gasteiger partial charge in [-0.05, 0) is 54.7 Å². The Morgan fingerprint density at radius 2 is 1.90 bits per heavy atom. The van der Waals surface area contributed by atoms with Gasteiger partial charge < -0.3 is 19.5 Å². The third-order valence-electron chi connectivity index (χ3n) is 5.35. The molecule has 158 valence electrons. The van der Waals surface area contributed by atoms with Gasteiger partial charge in [0.05, 0.1) is 24.7 Å². The van der Waals surface area contributed by atoms with Crippen LogP contribution in [0.25, 0.3) is 0 Å². The minimum absolute atomic E-state index is 0.101. The highest BCUT2D eigenvalue weighted by atomic mass is 16.5. The van der Waals surface area contributed by atoms with Crippen molar-refractivity contribution in [2.75, 3.05) is 32.2 Å². The van der Waals surface area contributed by atoms with Crippen LogP contribution in [-0.4, -0.2) is 32.8 Å². The molecule has 0 aliphatic carbocycles. The molecule has 1 N–H and O–H groups in total. The van der Waals surface area contributed by atoms with Crippen molar-refractivity contribution >= 4 is 11.6 Å². The molecule has 3 rings (SSSR count). The van der Waals surface area contributed by atoms with Gasteiger partial charge in [-0.15, -0.1) is 0 Å². The first-order chi connectivity index (χ1) is 14.5. The molecule has 0 atom stereocenters. The molecule has 1 heterocycles. The van der Waals surface area contributed by atoms with E-state index >= 15 is 0 Å². The molecule has 2 aromatic rings. The Hall–Kier alpha value is -3.04. The van der Waals surface area contributed by atoms with Crippen molar-refractivity contribution in [3.05, 3.63) is 53.6 Å². The molecule has 0 unspecified atom stereocenters. The fourth-order valence-corrected chi connectivity index (χ4v) is 3.60. The van der Waals surface area contributed by atoms with Crippen molar-refractivity contribution in [1.29, 1.82) is 5.26 Å². The summed E-state index contributed by atoms with van der Waals surface area (Å²) >= 11 is 0. The van der Waals surface area contributed by atoms with Gasteiger partial charge in [-0.25, -0.2) is 0 Å². The smallest absolute Gasteiger partial charge is 0.235 e. The lowest BCUT2D eigenvalue weighted by atomic mass is 9.73. The van der Waals surface area contributed by atoms with Crippen LogP contribution in [0.1, 0.15) is 37.8 Å². The standard InChI is InChI=1S/C24H28N2O4/c1-17(2)16-30-22-9-6-20(14-18(22)15-25)26-23(27)24(10-12-29-13-11-24)19-4-7-21(28-3)8-5-19/h4-9,14,17H,10-13,16H2,1-3H3,(H,26,27). The van der Waals surface area contributed by atoms with E-state index in [0.717, 1.165) is 11.3 Å². The molecule has 1 aliphatic heterocycles. The zero-order chi connectivity index (χ0) is 21.6. The lowest BCUT2D eigenvalue weighted by Crippen LogP contribution is -2.44. The normalized spacial score (nSPS) is 15.3. The maximum Gasteiger partial charge on any atom is 0.235 e. The molecule has 1 aliphatic rings. The van der Waals surface area contributed by atoms with Gasteiger partial charge in [-0.3, -0.25) is 4.79 Å². The summed E-state index contributed by atoms with van der Waals surface area (Å²) in [5.74, 6) is 1.53. The zero-order valence-electron chi connectivity index (χ0n) is 17.7. The van der Waals surface area contributed by atoms with E-state index in [1.807, 2.05) is 38.1 Å². The Bertz CT molecular complexity index is 910. The number of amides is 1. The Balaban J connectivity index is 1.84.